The lowest BCUT2D eigenvalue weighted by Crippen LogP contribution is -2.47. The number of carbonyl (C=O) groups is 2. The van der Waals surface area contributed by atoms with Gasteiger partial charge in [-0.25, -0.2) is 4.79 Å². The van der Waals surface area contributed by atoms with Crippen molar-refractivity contribution in [1.29, 1.82) is 0 Å². The van der Waals surface area contributed by atoms with Crippen LogP contribution in [0.1, 0.15) is 17.7 Å². The Labute approximate surface area is 174 Å². The van der Waals surface area contributed by atoms with Crippen LogP contribution in [0.15, 0.2) is 53.9 Å². The van der Waals surface area contributed by atoms with Gasteiger partial charge in [-0.15, -0.1) is 11.3 Å². The average Bonchev–Trinajstić information content (AvgIpc) is 3.41. The Morgan fingerprint density at radius 1 is 1.17 bits per heavy atom. The van der Waals surface area contributed by atoms with E-state index in [9.17, 15) is 9.59 Å². The van der Waals surface area contributed by atoms with Gasteiger partial charge in [0.25, 0.3) is 0 Å². The average molecular weight is 413 g/mol. The Morgan fingerprint density at radius 2 is 1.97 bits per heavy atom. The van der Waals surface area contributed by atoms with E-state index in [-0.39, 0.29) is 24.1 Å². The number of benzene rings is 1. The van der Waals surface area contributed by atoms with Crippen molar-refractivity contribution >= 4 is 29.4 Å². The van der Waals surface area contributed by atoms with Gasteiger partial charge in [-0.3, -0.25) is 4.79 Å². The molecule has 2 saturated heterocycles. The van der Waals surface area contributed by atoms with E-state index in [0.29, 0.717) is 26.2 Å². The first-order valence-electron chi connectivity index (χ1n) is 9.84. The van der Waals surface area contributed by atoms with Crippen LogP contribution in [-0.4, -0.2) is 60.2 Å². The van der Waals surface area contributed by atoms with Crippen LogP contribution >= 0.6 is 11.3 Å². The van der Waals surface area contributed by atoms with Crippen LogP contribution in [0.25, 0.3) is 6.08 Å². The number of hydrogen-bond acceptors (Lipinski definition) is 5. The number of cyclic esters (lactones) is 1. The summed E-state index contributed by atoms with van der Waals surface area (Å²) < 4.78 is 11.2. The van der Waals surface area contributed by atoms with Gasteiger partial charge in [0.05, 0.1) is 6.54 Å². The summed E-state index contributed by atoms with van der Waals surface area (Å²) in [5, 5.41) is 1.99. The molecule has 0 N–H and O–H groups in total. The topological polar surface area (TPSA) is 59.1 Å². The standard InChI is InChI=1S/C22H24N2O4S/c25-21(9-8-20-7-4-14-29-20)23-12-10-17(11-13-23)24-15-19(28-22(24)26)16-27-18-5-2-1-3-6-18/h1-9,14,17,19H,10-13,15-16H2. The van der Waals surface area contributed by atoms with Crippen LogP contribution in [0.5, 0.6) is 5.75 Å². The molecular formula is C22H24N2O4S. The number of carbonyl (C=O) groups excluding carboxylic acids is 2. The summed E-state index contributed by atoms with van der Waals surface area (Å²) in [4.78, 5) is 29.4. The summed E-state index contributed by atoms with van der Waals surface area (Å²) in [5.41, 5.74) is 0. The second kappa shape index (κ2) is 9.13. The summed E-state index contributed by atoms with van der Waals surface area (Å²) in [6.45, 7) is 2.17. The van der Waals surface area contributed by atoms with Crippen molar-refractivity contribution in [3.63, 3.8) is 0 Å². The molecule has 152 valence electrons. The lowest BCUT2D eigenvalue weighted by atomic mass is 10.0. The highest BCUT2D eigenvalue weighted by Crippen LogP contribution is 2.23. The minimum atomic E-state index is -0.283. The van der Waals surface area contributed by atoms with Gasteiger partial charge >= 0.3 is 6.09 Å². The largest absolute Gasteiger partial charge is 0.490 e. The number of para-hydroxylation sites is 1. The number of piperidine rings is 1. The Bertz CT molecular complexity index is 845. The van der Waals surface area contributed by atoms with E-state index >= 15 is 0 Å². The minimum Gasteiger partial charge on any atom is -0.490 e. The van der Waals surface area contributed by atoms with E-state index in [2.05, 4.69) is 0 Å². The van der Waals surface area contributed by atoms with Crippen LogP contribution in [0.2, 0.25) is 0 Å². The molecule has 2 amide bonds. The predicted octanol–water partition coefficient (Wildman–Crippen LogP) is 3.65. The van der Waals surface area contributed by atoms with Gasteiger partial charge in [0.2, 0.25) is 5.91 Å². The van der Waals surface area contributed by atoms with Crippen molar-refractivity contribution in [3.8, 4) is 5.75 Å². The van der Waals surface area contributed by atoms with Crippen molar-refractivity contribution in [3.05, 3.63) is 58.8 Å². The summed E-state index contributed by atoms with van der Waals surface area (Å²) in [6.07, 6.45) is 4.46. The maximum absolute atomic E-state index is 12.4. The second-order valence-corrected chi connectivity index (χ2v) is 8.17. The highest BCUT2D eigenvalue weighted by Gasteiger charge is 2.38. The van der Waals surface area contributed by atoms with Crippen molar-refractivity contribution in [1.82, 2.24) is 9.80 Å². The molecule has 1 aromatic heterocycles. The molecule has 0 spiro atoms. The highest BCUT2D eigenvalue weighted by molar-refractivity contribution is 7.10. The first kappa shape index (κ1) is 19.5. The zero-order valence-corrected chi connectivity index (χ0v) is 16.9. The van der Waals surface area contributed by atoms with Crippen LogP contribution in [0, 0.1) is 0 Å². The fraction of sp³-hybridized carbons (Fsp3) is 0.364. The monoisotopic (exact) mass is 412 g/mol. The van der Waals surface area contributed by atoms with E-state index in [1.807, 2.05) is 58.8 Å². The minimum absolute atomic E-state index is 0.0231. The molecule has 4 rings (SSSR count). The fourth-order valence-electron chi connectivity index (χ4n) is 3.68. The van der Waals surface area contributed by atoms with E-state index < -0.39 is 0 Å². The predicted molar refractivity (Wildman–Crippen MR) is 112 cm³/mol. The van der Waals surface area contributed by atoms with Gasteiger partial charge in [-0.2, -0.15) is 0 Å². The first-order valence-corrected chi connectivity index (χ1v) is 10.7. The van der Waals surface area contributed by atoms with Crippen LogP contribution in [0.4, 0.5) is 4.79 Å². The molecule has 2 aliphatic rings. The van der Waals surface area contributed by atoms with E-state index in [1.165, 1.54) is 0 Å². The molecule has 0 aliphatic carbocycles. The third-order valence-corrected chi connectivity index (χ3v) is 6.07. The van der Waals surface area contributed by atoms with Gasteiger partial charge in [0.15, 0.2) is 6.10 Å². The lowest BCUT2D eigenvalue weighted by molar-refractivity contribution is -0.127. The number of hydrogen-bond donors (Lipinski definition) is 0. The molecule has 2 aromatic rings. The number of thiophene rings is 1. The summed E-state index contributed by atoms with van der Waals surface area (Å²) in [6, 6.07) is 13.6. The number of rotatable bonds is 6. The van der Waals surface area contributed by atoms with Crippen molar-refractivity contribution < 1.29 is 19.1 Å². The van der Waals surface area contributed by atoms with E-state index in [0.717, 1.165) is 23.5 Å². The molecular weight excluding hydrogens is 388 g/mol. The number of nitrogens with zero attached hydrogens (tertiary/aromatic N) is 2. The van der Waals surface area contributed by atoms with Gasteiger partial charge < -0.3 is 19.3 Å². The normalized spacial score (nSPS) is 20.3. The molecule has 1 unspecified atom stereocenters. The Kier molecular flexibility index (Phi) is 6.14. The zero-order valence-electron chi connectivity index (χ0n) is 16.1. The molecule has 6 nitrogen and oxygen atoms in total. The molecule has 0 saturated carbocycles. The summed E-state index contributed by atoms with van der Waals surface area (Å²) >= 11 is 1.61. The Hall–Kier alpha value is -2.80. The lowest BCUT2D eigenvalue weighted by Gasteiger charge is -2.35. The molecule has 29 heavy (non-hydrogen) atoms. The highest BCUT2D eigenvalue weighted by atomic mass is 32.1. The van der Waals surface area contributed by atoms with Gasteiger partial charge in [0, 0.05) is 30.1 Å². The van der Waals surface area contributed by atoms with E-state index in [4.69, 9.17) is 9.47 Å². The molecule has 7 heteroatoms. The third-order valence-electron chi connectivity index (χ3n) is 5.23. The van der Waals surface area contributed by atoms with Gasteiger partial charge in [-0.1, -0.05) is 24.3 Å². The fourth-order valence-corrected chi connectivity index (χ4v) is 4.29. The molecule has 2 aliphatic heterocycles. The smallest absolute Gasteiger partial charge is 0.410 e. The van der Waals surface area contributed by atoms with Crippen LogP contribution in [0.3, 0.4) is 0 Å². The SMILES string of the molecule is O=C(C=Cc1cccs1)N1CCC(N2CC(COc3ccccc3)OC2=O)CC1. The number of ether oxygens (including phenoxy) is 2. The maximum atomic E-state index is 12.4. The summed E-state index contributed by atoms with van der Waals surface area (Å²) in [7, 11) is 0. The summed E-state index contributed by atoms with van der Waals surface area (Å²) in [5.74, 6) is 0.791. The molecule has 3 heterocycles. The maximum Gasteiger partial charge on any atom is 0.410 e. The van der Waals surface area contributed by atoms with Crippen molar-refractivity contribution in [2.24, 2.45) is 0 Å². The first-order chi connectivity index (χ1) is 14.2. The van der Waals surface area contributed by atoms with E-state index in [1.54, 1.807) is 22.3 Å². The molecule has 1 atom stereocenters. The van der Waals surface area contributed by atoms with Crippen LogP contribution < -0.4 is 4.74 Å². The Morgan fingerprint density at radius 3 is 2.69 bits per heavy atom. The van der Waals surface area contributed by atoms with Crippen LogP contribution in [-0.2, 0) is 9.53 Å². The Balaban J connectivity index is 1.24. The molecule has 1 aromatic carbocycles. The van der Waals surface area contributed by atoms with Gasteiger partial charge in [-0.05, 0) is 42.5 Å². The van der Waals surface area contributed by atoms with Crippen molar-refractivity contribution in [2.75, 3.05) is 26.2 Å². The third kappa shape index (κ3) is 4.98. The molecule has 2 fully saturated rings. The van der Waals surface area contributed by atoms with Crippen molar-refractivity contribution in [2.45, 2.75) is 25.0 Å². The second-order valence-electron chi connectivity index (χ2n) is 7.19. The quantitative estimate of drug-likeness (QED) is 0.680. The zero-order chi connectivity index (χ0) is 20.1. The van der Waals surface area contributed by atoms with Gasteiger partial charge in [0.1, 0.15) is 12.4 Å². The number of likely N-dealkylation sites (tertiary alicyclic amines) is 1. The number of amides is 2. The molecule has 0 bridgehead atoms. The molecule has 0 radical (unpaired) electrons.